The fourth-order valence-electron chi connectivity index (χ4n) is 0.976. The van der Waals surface area contributed by atoms with Gasteiger partial charge in [0.25, 0.3) is 0 Å². The van der Waals surface area contributed by atoms with Gasteiger partial charge in [-0.15, -0.1) is 0 Å². The summed E-state index contributed by atoms with van der Waals surface area (Å²) in [4.78, 5) is 20.8. The van der Waals surface area contributed by atoms with Crippen molar-refractivity contribution in [3.8, 4) is 0 Å². The molecule has 1 atom stereocenters. The van der Waals surface area contributed by atoms with Crippen LogP contribution in [0.2, 0.25) is 0 Å². The summed E-state index contributed by atoms with van der Waals surface area (Å²) < 4.78 is 0. The van der Waals surface area contributed by atoms with E-state index in [1.807, 2.05) is 58.0 Å². The van der Waals surface area contributed by atoms with E-state index in [9.17, 15) is 9.59 Å². The van der Waals surface area contributed by atoms with Crippen molar-refractivity contribution in [2.24, 2.45) is 0 Å². The normalized spacial score (nSPS) is 10.1. The summed E-state index contributed by atoms with van der Waals surface area (Å²) in [6.07, 6.45) is 0.667. The average Bonchev–Trinajstić information content (AvgIpc) is 2.41. The Kier molecular flexibility index (Phi) is 12.6. The molecule has 1 aromatic carbocycles. The van der Waals surface area contributed by atoms with Crippen LogP contribution in [0.5, 0.6) is 0 Å². The highest BCUT2D eigenvalue weighted by Gasteiger charge is 2.08. The fourth-order valence-corrected chi connectivity index (χ4v) is 0.976. The molecule has 0 fully saturated rings. The highest BCUT2D eigenvalue weighted by Crippen LogP contribution is 2.14. The van der Waals surface area contributed by atoms with Gasteiger partial charge in [-0.1, -0.05) is 58.0 Å². The first-order valence-corrected chi connectivity index (χ1v) is 6.53. The molecule has 0 aromatic heterocycles. The van der Waals surface area contributed by atoms with Gasteiger partial charge in [-0.2, -0.15) is 0 Å². The van der Waals surface area contributed by atoms with Crippen molar-refractivity contribution in [2.45, 2.75) is 53.9 Å². The van der Waals surface area contributed by atoms with Crippen LogP contribution in [0.3, 0.4) is 0 Å². The Balaban J connectivity index is 0. The standard InChI is InChI=1S/C10H12O.C4H8O.C2H6/c1-8(9(2)11)10-6-4-3-5-7-10;1-3-4(2)5;1-2/h3-8H,1-2H3;3H2,1-2H3;1-2H3. The lowest BCUT2D eigenvalue weighted by Crippen LogP contribution is -2.03. The molecule has 2 heteroatoms. The molecule has 1 unspecified atom stereocenters. The second kappa shape index (κ2) is 12.0. The number of carbonyl (C=O) groups excluding carboxylic acids is 2. The van der Waals surface area contributed by atoms with E-state index in [0.717, 1.165) is 5.56 Å². The minimum Gasteiger partial charge on any atom is -0.300 e. The SMILES string of the molecule is CC.CC(=O)C(C)c1ccccc1.CCC(C)=O. The van der Waals surface area contributed by atoms with Crippen molar-refractivity contribution >= 4 is 11.6 Å². The van der Waals surface area contributed by atoms with Gasteiger partial charge < -0.3 is 4.79 Å². The predicted molar refractivity (Wildman–Crippen MR) is 77.9 cm³/mol. The molecule has 0 bridgehead atoms. The Labute approximate surface area is 111 Å². The first-order valence-electron chi connectivity index (χ1n) is 6.53. The molecular weight excluding hydrogens is 224 g/mol. The van der Waals surface area contributed by atoms with Crippen LogP contribution < -0.4 is 0 Å². The topological polar surface area (TPSA) is 34.1 Å². The first kappa shape index (κ1) is 18.9. The molecule has 0 saturated heterocycles. The van der Waals surface area contributed by atoms with Crippen LogP contribution in [0.15, 0.2) is 30.3 Å². The molecule has 18 heavy (non-hydrogen) atoms. The molecule has 1 rings (SSSR count). The third-order valence-electron chi connectivity index (χ3n) is 2.41. The van der Waals surface area contributed by atoms with Gasteiger partial charge in [-0.05, 0) is 19.4 Å². The Morgan fingerprint density at radius 3 is 1.72 bits per heavy atom. The van der Waals surface area contributed by atoms with E-state index in [2.05, 4.69) is 0 Å². The molecular formula is C16H26O2. The molecule has 0 spiro atoms. The lowest BCUT2D eigenvalue weighted by atomic mass is 9.98. The summed E-state index contributed by atoms with van der Waals surface area (Å²) in [5, 5.41) is 0. The highest BCUT2D eigenvalue weighted by molar-refractivity contribution is 5.82. The van der Waals surface area contributed by atoms with E-state index in [1.54, 1.807) is 13.8 Å². The van der Waals surface area contributed by atoms with E-state index in [0.29, 0.717) is 6.42 Å². The largest absolute Gasteiger partial charge is 0.300 e. The van der Waals surface area contributed by atoms with Crippen molar-refractivity contribution in [3.63, 3.8) is 0 Å². The molecule has 0 amide bonds. The van der Waals surface area contributed by atoms with E-state index in [-0.39, 0.29) is 17.5 Å². The van der Waals surface area contributed by atoms with Crippen molar-refractivity contribution in [2.75, 3.05) is 0 Å². The van der Waals surface area contributed by atoms with Crippen molar-refractivity contribution in [1.82, 2.24) is 0 Å². The molecule has 0 radical (unpaired) electrons. The molecule has 102 valence electrons. The summed E-state index contributed by atoms with van der Waals surface area (Å²) in [6, 6.07) is 9.82. The molecule has 0 aliphatic heterocycles. The molecule has 0 aliphatic rings. The zero-order valence-electron chi connectivity index (χ0n) is 12.5. The van der Waals surface area contributed by atoms with E-state index < -0.39 is 0 Å². The molecule has 1 aromatic rings. The molecule has 0 saturated carbocycles. The number of carbonyl (C=O) groups is 2. The maximum absolute atomic E-state index is 10.9. The number of Topliss-reactive ketones (excluding diaryl/α,β-unsaturated/α-hetero) is 2. The van der Waals surface area contributed by atoms with Crippen LogP contribution in [0.25, 0.3) is 0 Å². The quantitative estimate of drug-likeness (QED) is 0.797. The minimum atomic E-state index is 0.0381. The zero-order valence-corrected chi connectivity index (χ0v) is 12.5. The highest BCUT2D eigenvalue weighted by atomic mass is 16.1. The monoisotopic (exact) mass is 250 g/mol. The van der Waals surface area contributed by atoms with E-state index in [1.165, 1.54) is 0 Å². The average molecular weight is 250 g/mol. The van der Waals surface area contributed by atoms with Gasteiger partial charge in [0, 0.05) is 12.3 Å². The maximum atomic E-state index is 10.9. The van der Waals surface area contributed by atoms with Crippen LogP contribution in [-0.4, -0.2) is 11.6 Å². The van der Waals surface area contributed by atoms with Crippen LogP contribution in [-0.2, 0) is 9.59 Å². The summed E-state index contributed by atoms with van der Waals surface area (Å²) in [7, 11) is 0. The predicted octanol–water partition coefficient (Wildman–Crippen LogP) is 4.39. The molecule has 0 N–H and O–H groups in total. The van der Waals surface area contributed by atoms with Gasteiger partial charge in [-0.25, -0.2) is 0 Å². The van der Waals surface area contributed by atoms with Gasteiger partial charge in [0.05, 0.1) is 0 Å². The smallest absolute Gasteiger partial charge is 0.136 e. The lowest BCUT2D eigenvalue weighted by Gasteiger charge is -2.05. The maximum Gasteiger partial charge on any atom is 0.136 e. The van der Waals surface area contributed by atoms with Crippen molar-refractivity contribution in [1.29, 1.82) is 0 Å². The third-order valence-corrected chi connectivity index (χ3v) is 2.41. The third kappa shape index (κ3) is 9.76. The van der Waals surface area contributed by atoms with Crippen LogP contribution in [0, 0.1) is 0 Å². The zero-order chi connectivity index (χ0) is 14.6. The minimum absolute atomic E-state index is 0.0381. The summed E-state index contributed by atoms with van der Waals surface area (Å²) in [5.74, 6) is 0.511. The second-order valence-corrected chi connectivity index (χ2v) is 3.80. The number of rotatable bonds is 3. The summed E-state index contributed by atoms with van der Waals surface area (Å²) in [5.41, 5.74) is 1.10. The molecule has 0 aliphatic carbocycles. The molecule has 2 nitrogen and oxygen atoms in total. The Morgan fingerprint density at radius 2 is 1.44 bits per heavy atom. The number of ketones is 2. The van der Waals surface area contributed by atoms with Crippen molar-refractivity contribution < 1.29 is 9.59 Å². The molecule has 0 heterocycles. The van der Waals surface area contributed by atoms with Crippen molar-refractivity contribution in [3.05, 3.63) is 35.9 Å². The van der Waals surface area contributed by atoms with Crippen LogP contribution in [0.4, 0.5) is 0 Å². The van der Waals surface area contributed by atoms with Gasteiger partial charge in [0.2, 0.25) is 0 Å². The fraction of sp³-hybridized carbons (Fsp3) is 0.500. The second-order valence-electron chi connectivity index (χ2n) is 3.80. The van der Waals surface area contributed by atoms with Gasteiger partial charge in [0.15, 0.2) is 0 Å². The Hall–Kier alpha value is -1.44. The van der Waals surface area contributed by atoms with E-state index >= 15 is 0 Å². The lowest BCUT2D eigenvalue weighted by molar-refractivity contribution is -0.118. The number of hydrogen-bond acceptors (Lipinski definition) is 2. The van der Waals surface area contributed by atoms with Gasteiger partial charge in [-0.3, -0.25) is 4.79 Å². The Morgan fingerprint density at radius 1 is 1.06 bits per heavy atom. The number of benzene rings is 1. The first-order chi connectivity index (χ1) is 8.49. The Bertz CT molecular complexity index is 328. The van der Waals surface area contributed by atoms with Gasteiger partial charge >= 0.3 is 0 Å². The summed E-state index contributed by atoms with van der Waals surface area (Å²) >= 11 is 0. The number of hydrogen-bond donors (Lipinski definition) is 0. The van der Waals surface area contributed by atoms with E-state index in [4.69, 9.17) is 0 Å². The van der Waals surface area contributed by atoms with Crippen LogP contribution >= 0.6 is 0 Å². The summed E-state index contributed by atoms with van der Waals surface area (Å²) in [6.45, 7) is 11.0. The van der Waals surface area contributed by atoms with Crippen LogP contribution in [0.1, 0.15) is 59.4 Å². The van der Waals surface area contributed by atoms with Gasteiger partial charge in [0.1, 0.15) is 11.6 Å².